The quantitative estimate of drug-likeness (QED) is 0.524. The third-order valence-electron chi connectivity index (χ3n) is 3.86. The number of carbonyl (C=O) groups is 2. The molecule has 0 bridgehead atoms. The second-order valence-electron chi connectivity index (χ2n) is 5.46. The van der Waals surface area contributed by atoms with Gasteiger partial charge in [-0.15, -0.1) is 11.3 Å². The van der Waals surface area contributed by atoms with Crippen molar-refractivity contribution in [3.05, 3.63) is 52.9 Å². The minimum atomic E-state index is -0.123. The first-order valence-electron chi connectivity index (χ1n) is 7.72. The summed E-state index contributed by atoms with van der Waals surface area (Å²) in [5.41, 5.74) is 1.24. The van der Waals surface area contributed by atoms with Gasteiger partial charge >= 0.3 is 0 Å². The van der Waals surface area contributed by atoms with Gasteiger partial charge < -0.3 is 15.2 Å². The summed E-state index contributed by atoms with van der Waals surface area (Å²) in [6.07, 6.45) is 0.658. The molecule has 1 heterocycles. The minimum absolute atomic E-state index is 0.0265. The molecule has 1 aromatic heterocycles. The Labute approximate surface area is 148 Å². The molecular weight excluding hydrogens is 338 g/mol. The van der Waals surface area contributed by atoms with Crippen LogP contribution in [0.25, 0.3) is 21.2 Å². The summed E-state index contributed by atoms with van der Waals surface area (Å²) >= 11 is 1.40. The smallest absolute Gasteiger partial charge is 0.261 e. The SMILES string of the molecule is COCCNC(=O)c1ccc(-c2ccc3c(C=O)c(O)ccc3c2)s1. The molecule has 3 aromatic rings. The van der Waals surface area contributed by atoms with E-state index in [1.807, 2.05) is 24.3 Å². The lowest BCUT2D eigenvalue weighted by molar-refractivity contribution is 0.0941. The average molecular weight is 355 g/mol. The lowest BCUT2D eigenvalue weighted by Gasteiger charge is -2.06. The number of carbonyl (C=O) groups excluding carboxylic acids is 2. The average Bonchev–Trinajstić information content (AvgIpc) is 3.11. The molecule has 2 aromatic carbocycles. The Morgan fingerprint density at radius 1 is 1.24 bits per heavy atom. The van der Waals surface area contributed by atoms with E-state index < -0.39 is 0 Å². The zero-order chi connectivity index (χ0) is 17.8. The zero-order valence-electron chi connectivity index (χ0n) is 13.6. The Morgan fingerprint density at radius 3 is 2.84 bits per heavy atom. The molecule has 2 N–H and O–H groups in total. The maximum Gasteiger partial charge on any atom is 0.261 e. The van der Waals surface area contributed by atoms with Gasteiger partial charge in [-0.3, -0.25) is 9.59 Å². The maximum atomic E-state index is 12.1. The van der Waals surface area contributed by atoms with Crippen LogP contribution < -0.4 is 5.32 Å². The first-order valence-corrected chi connectivity index (χ1v) is 8.54. The Balaban J connectivity index is 1.89. The molecule has 0 aliphatic rings. The van der Waals surface area contributed by atoms with Gasteiger partial charge in [-0.1, -0.05) is 18.2 Å². The molecule has 3 rings (SSSR count). The number of benzene rings is 2. The van der Waals surface area contributed by atoms with Crippen LogP contribution >= 0.6 is 11.3 Å². The predicted octanol–water partition coefficient (Wildman–Crippen LogP) is 3.46. The molecule has 0 saturated heterocycles. The fourth-order valence-electron chi connectivity index (χ4n) is 2.59. The van der Waals surface area contributed by atoms with Gasteiger partial charge in [0.15, 0.2) is 6.29 Å². The van der Waals surface area contributed by atoms with Gasteiger partial charge in [0, 0.05) is 18.5 Å². The van der Waals surface area contributed by atoms with E-state index in [2.05, 4.69) is 5.32 Å². The van der Waals surface area contributed by atoms with Crippen molar-refractivity contribution in [2.45, 2.75) is 0 Å². The number of rotatable bonds is 6. The monoisotopic (exact) mass is 355 g/mol. The zero-order valence-corrected chi connectivity index (χ0v) is 14.4. The lowest BCUT2D eigenvalue weighted by Crippen LogP contribution is -2.26. The molecule has 0 fully saturated rings. The molecule has 128 valence electrons. The third kappa shape index (κ3) is 3.55. The number of thiophene rings is 1. The van der Waals surface area contributed by atoms with Crippen LogP contribution in [0.5, 0.6) is 5.75 Å². The molecule has 0 radical (unpaired) electrons. The van der Waals surface area contributed by atoms with Crippen LogP contribution in [0, 0.1) is 0 Å². The van der Waals surface area contributed by atoms with Crippen molar-refractivity contribution in [1.82, 2.24) is 5.32 Å². The highest BCUT2D eigenvalue weighted by atomic mass is 32.1. The molecule has 5 nitrogen and oxygen atoms in total. The predicted molar refractivity (Wildman–Crippen MR) is 98.5 cm³/mol. The van der Waals surface area contributed by atoms with E-state index in [-0.39, 0.29) is 17.2 Å². The van der Waals surface area contributed by atoms with Crippen LogP contribution in [-0.2, 0) is 4.74 Å². The fraction of sp³-hybridized carbons (Fsp3) is 0.158. The van der Waals surface area contributed by atoms with Gasteiger partial charge in [0.05, 0.1) is 17.0 Å². The van der Waals surface area contributed by atoms with Crippen molar-refractivity contribution in [3.63, 3.8) is 0 Å². The number of aromatic hydroxyl groups is 1. The van der Waals surface area contributed by atoms with E-state index in [0.29, 0.717) is 29.7 Å². The largest absolute Gasteiger partial charge is 0.507 e. The van der Waals surface area contributed by atoms with Crippen molar-refractivity contribution in [1.29, 1.82) is 0 Å². The van der Waals surface area contributed by atoms with Gasteiger partial charge in [-0.05, 0) is 40.6 Å². The Bertz CT molecular complexity index is 932. The van der Waals surface area contributed by atoms with Crippen molar-refractivity contribution < 1.29 is 19.4 Å². The summed E-state index contributed by atoms with van der Waals surface area (Å²) in [5.74, 6) is -0.149. The Hall–Kier alpha value is -2.70. The van der Waals surface area contributed by atoms with E-state index in [4.69, 9.17) is 4.74 Å². The summed E-state index contributed by atoms with van der Waals surface area (Å²) in [5, 5.41) is 14.1. The summed E-state index contributed by atoms with van der Waals surface area (Å²) in [6.45, 7) is 0.942. The van der Waals surface area contributed by atoms with Crippen molar-refractivity contribution in [2.24, 2.45) is 0 Å². The van der Waals surface area contributed by atoms with Crippen molar-refractivity contribution in [3.8, 4) is 16.2 Å². The summed E-state index contributed by atoms with van der Waals surface area (Å²) in [4.78, 5) is 24.8. The molecule has 1 amide bonds. The summed E-state index contributed by atoms with van der Waals surface area (Å²) < 4.78 is 4.92. The van der Waals surface area contributed by atoms with E-state index in [1.54, 1.807) is 19.2 Å². The van der Waals surface area contributed by atoms with Crippen LogP contribution in [-0.4, -0.2) is 37.6 Å². The lowest BCUT2D eigenvalue weighted by atomic mass is 10.0. The van der Waals surface area contributed by atoms with Crippen molar-refractivity contribution in [2.75, 3.05) is 20.3 Å². The van der Waals surface area contributed by atoms with E-state index in [9.17, 15) is 14.7 Å². The molecule has 25 heavy (non-hydrogen) atoms. The van der Waals surface area contributed by atoms with Crippen LogP contribution in [0.1, 0.15) is 20.0 Å². The minimum Gasteiger partial charge on any atom is -0.507 e. The van der Waals surface area contributed by atoms with Crippen LogP contribution in [0.3, 0.4) is 0 Å². The number of phenols is 1. The highest BCUT2D eigenvalue weighted by Crippen LogP contribution is 2.33. The number of phenolic OH excluding ortho intramolecular Hbond substituents is 1. The second-order valence-corrected chi connectivity index (χ2v) is 6.55. The number of hydrogen-bond donors (Lipinski definition) is 2. The van der Waals surface area contributed by atoms with Gasteiger partial charge in [0.25, 0.3) is 5.91 Å². The number of nitrogens with one attached hydrogen (secondary N) is 1. The highest BCUT2D eigenvalue weighted by Gasteiger charge is 2.11. The molecule has 0 atom stereocenters. The first kappa shape index (κ1) is 17.1. The number of methoxy groups -OCH3 is 1. The van der Waals surface area contributed by atoms with Crippen LogP contribution in [0.15, 0.2) is 42.5 Å². The van der Waals surface area contributed by atoms with Gasteiger partial charge in [-0.2, -0.15) is 0 Å². The highest BCUT2D eigenvalue weighted by molar-refractivity contribution is 7.17. The van der Waals surface area contributed by atoms with Crippen molar-refractivity contribution >= 4 is 34.3 Å². The summed E-state index contributed by atoms with van der Waals surface area (Å²) in [7, 11) is 1.59. The first-order chi connectivity index (χ1) is 12.1. The van der Waals surface area contributed by atoms with E-state index in [0.717, 1.165) is 15.8 Å². The standard InChI is InChI=1S/C19H17NO4S/c1-24-9-8-20-19(23)18-7-6-17(25-18)13-2-4-14-12(10-13)3-5-16(22)15(14)11-21/h2-7,10-11,22H,8-9H2,1H3,(H,20,23). The van der Waals surface area contributed by atoms with Crippen LogP contribution in [0.2, 0.25) is 0 Å². The van der Waals surface area contributed by atoms with Gasteiger partial charge in [-0.25, -0.2) is 0 Å². The molecule has 0 saturated carbocycles. The molecular formula is C19H17NO4S. The van der Waals surface area contributed by atoms with Gasteiger partial charge in [0.1, 0.15) is 5.75 Å². The van der Waals surface area contributed by atoms with Gasteiger partial charge in [0.2, 0.25) is 0 Å². The number of fused-ring (bicyclic) bond motifs is 1. The summed E-state index contributed by atoms with van der Waals surface area (Å²) in [6, 6.07) is 12.6. The molecule has 6 heteroatoms. The molecule has 0 unspecified atom stereocenters. The van der Waals surface area contributed by atoms with E-state index >= 15 is 0 Å². The maximum absolute atomic E-state index is 12.1. The number of hydrogen-bond acceptors (Lipinski definition) is 5. The molecule has 0 aliphatic heterocycles. The topological polar surface area (TPSA) is 75.6 Å². The van der Waals surface area contributed by atoms with Crippen LogP contribution in [0.4, 0.5) is 0 Å². The molecule has 0 spiro atoms. The number of ether oxygens (including phenoxy) is 1. The Kier molecular flexibility index (Phi) is 5.11. The normalized spacial score (nSPS) is 10.8. The third-order valence-corrected chi connectivity index (χ3v) is 5.00. The number of aldehydes is 1. The Morgan fingerprint density at radius 2 is 2.08 bits per heavy atom. The fourth-order valence-corrected chi connectivity index (χ4v) is 3.51. The number of amides is 1. The second kappa shape index (κ2) is 7.46. The van der Waals surface area contributed by atoms with E-state index in [1.165, 1.54) is 17.4 Å². The molecule has 0 aliphatic carbocycles.